The van der Waals surface area contributed by atoms with Gasteiger partial charge in [-0.3, -0.25) is 0 Å². The van der Waals surface area contributed by atoms with Gasteiger partial charge in [-0.1, -0.05) is 12.8 Å². The van der Waals surface area contributed by atoms with Gasteiger partial charge in [0, 0.05) is 36.9 Å². The number of hydrogen-bond acceptors (Lipinski definition) is 6. The highest BCUT2D eigenvalue weighted by Gasteiger charge is 2.39. The minimum Gasteiger partial charge on any atom is -0.475 e. The first-order valence-corrected chi connectivity index (χ1v) is 11.5. The maximum absolute atomic E-state index is 12.3. The third-order valence-corrected chi connectivity index (χ3v) is 5.61. The summed E-state index contributed by atoms with van der Waals surface area (Å²) in [7, 11) is 0. The average Bonchev–Trinajstić information content (AvgIpc) is 2.80. The number of rotatable bonds is 4. The smallest absolute Gasteiger partial charge is 0.475 e. The number of carbonyl (C=O) groups is 2. The first-order valence-electron chi connectivity index (χ1n) is 11.5. The summed E-state index contributed by atoms with van der Waals surface area (Å²) < 4.78 is 104. The number of nitrogens with two attached hydrogens (primary N) is 1. The summed E-state index contributed by atoms with van der Waals surface area (Å²) in [6.07, 6.45) is -8.02. The van der Waals surface area contributed by atoms with E-state index < -0.39 is 30.7 Å². The number of nitrogens with one attached hydrogen (secondary N) is 1. The molecule has 5 N–H and O–H groups in total. The van der Waals surface area contributed by atoms with Crippen LogP contribution in [0.25, 0.3) is 0 Å². The van der Waals surface area contributed by atoms with Crippen LogP contribution in [0.15, 0.2) is 24.3 Å². The molecule has 3 rings (SSSR count). The Balaban J connectivity index is 0.000000449. The van der Waals surface area contributed by atoms with E-state index in [1.54, 1.807) is 12.1 Å². The van der Waals surface area contributed by atoms with Gasteiger partial charge >= 0.3 is 30.7 Å². The van der Waals surface area contributed by atoms with E-state index in [-0.39, 0.29) is 11.8 Å². The lowest BCUT2D eigenvalue weighted by atomic mass is 9.89. The highest BCUT2D eigenvalue weighted by atomic mass is 19.4. The third kappa shape index (κ3) is 13.6. The lowest BCUT2D eigenvalue weighted by molar-refractivity contribution is -0.274. The summed E-state index contributed by atoms with van der Waals surface area (Å²) in [4.78, 5) is 20.0. The predicted octanol–water partition coefficient (Wildman–Crippen LogP) is 4.68. The molecule has 1 saturated heterocycles. The minimum atomic E-state index is -5.08. The topological polar surface area (TPSA) is 125 Å². The Hall–Kier alpha value is -2.95. The van der Waals surface area contributed by atoms with Crippen LogP contribution in [0.1, 0.15) is 38.5 Å². The van der Waals surface area contributed by atoms with Crippen LogP contribution in [-0.4, -0.2) is 72.1 Å². The number of carboxylic acid groups (broad SMARTS) is 2. The first-order chi connectivity index (χ1) is 17.8. The van der Waals surface area contributed by atoms with Crippen LogP contribution in [0.3, 0.4) is 0 Å². The second kappa shape index (κ2) is 14.4. The number of ether oxygens (including phenoxy) is 1. The van der Waals surface area contributed by atoms with E-state index in [0.29, 0.717) is 12.1 Å². The normalized spacial score (nSPS) is 22.0. The van der Waals surface area contributed by atoms with Crippen LogP contribution in [0.5, 0.6) is 5.75 Å². The van der Waals surface area contributed by atoms with Crippen molar-refractivity contribution in [2.45, 2.75) is 75.4 Å². The van der Waals surface area contributed by atoms with Crippen LogP contribution < -0.4 is 20.7 Å². The van der Waals surface area contributed by atoms with Gasteiger partial charge in [0.05, 0.1) is 0 Å². The molecule has 0 radical (unpaired) electrons. The number of benzene rings is 1. The largest absolute Gasteiger partial charge is 0.573 e. The Morgan fingerprint density at radius 3 is 1.77 bits per heavy atom. The Morgan fingerprint density at radius 2 is 1.33 bits per heavy atom. The number of aliphatic carboxylic acids is 2. The fourth-order valence-corrected chi connectivity index (χ4v) is 3.88. The molecule has 2 aliphatic rings. The van der Waals surface area contributed by atoms with E-state index in [2.05, 4.69) is 15.0 Å². The van der Waals surface area contributed by atoms with Gasteiger partial charge in [-0.15, -0.1) is 13.2 Å². The van der Waals surface area contributed by atoms with Crippen LogP contribution in [0.4, 0.5) is 45.2 Å². The zero-order valence-electron chi connectivity index (χ0n) is 20.2. The molecule has 0 aromatic heterocycles. The molecule has 1 aliphatic heterocycles. The van der Waals surface area contributed by atoms with Crippen molar-refractivity contribution in [3.63, 3.8) is 0 Å². The van der Waals surface area contributed by atoms with E-state index >= 15 is 0 Å². The summed E-state index contributed by atoms with van der Waals surface area (Å²) in [6, 6.07) is 7.09. The number of alkyl halides is 9. The van der Waals surface area contributed by atoms with Gasteiger partial charge in [0.1, 0.15) is 5.75 Å². The SMILES string of the molecule is N[C@@H]1CCCC[C@H]1N[C@H]1CCCN(c2ccc(OC(F)(F)F)cc2)C1.O=C(O)C(F)(F)F.O=C(O)C(F)(F)F. The molecule has 3 atom stereocenters. The molecule has 39 heavy (non-hydrogen) atoms. The maximum Gasteiger partial charge on any atom is 0.573 e. The molecule has 1 aromatic carbocycles. The van der Waals surface area contributed by atoms with E-state index in [0.717, 1.165) is 44.5 Å². The standard InChI is InChI=1S/C18H26F3N3O.2C2HF3O2/c19-18(20,21)25-15-9-7-14(8-10-15)24-11-3-4-13(12-24)23-17-6-2-1-5-16(17)22;2*3-2(4,5)1(6)7/h7-10,13,16-17,23H,1-6,11-12,22H2;2*(H,6,7)/t13-,16+,17+;;/m0../s1. The van der Waals surface area contributed by atoms with E-state index in [4.69, 9.17) is 25.5 Å². The molecule has 1 aliphatic carbocycles. The number of anilines is 1. The van der Waals surface area contributed by atoms with E-state index in [1.807, 2.05) is 0 Å². The quantitative estimate of drug-likeness (QED) is 0.376. The molecule has 1 saturated carbocycles. The van der Waals surface area contributed by atoms with Crippen molar-refractivity contribution in [1.29, 1.82) is 0 Å². The predicted molar refractivity (Wildman–Crippen MR) is 119 cm³/mol. The van der Waals surface area contributed by atoms with Gasteiger partial charge in [-0.25, -0.2) is 9.59 Å². The van der Waals surface area contributed by atoms with Gasteiger partial charge in [0.25, 0.3) is 0 Å². The highest BCUT2D eigenvalue weighted by Crippen LogP contribution is 2.27. The second-order valence-corrected chi connectivity index (χ2v) is 8.65. The van der Waals surface area contributed by atoms with Gasteiger partial charge in [0.2, 0.25) is 0 Å². The van der Waals surface area contributed by atoms with Crippen LogP contribution in [0.2, 0.25) is 0 Å². The van der Waals surface area contributed by atoms with Gasteiger partial charge in [-0.2, -0.15) is 26.3 Å². The Labute approximate surface area is 216 Å². The minimum absolute atomic E-state index is 0.184. The zero-order valence-corrected chi connectivity index (χ0v) is 20.2. The molecule has 0 amide bonds. The molecule has 0 spiro atoms. The summed E-state index contributed by atoms with van der Waals surface area (Å²) in [5.74, 6) is -5.70. The average molecular weight is 585 g/mol. The summed E-state index contributed by atoms with van der Waals surface area (Å²) in [5, 5.41) is 18.0. The fourth-order valence-electron chi connectivity index (χ4n) is 3.88. The van der Waals surface area contributed by atoms with E-state index in [1.165, 1.54) is 25.0 Å². The first kappa shape index (κ1) is 34.1. The second-order valence-electron chi connectivity index (χ2n) is 8.65. The molecule has 0 bridgehead atoms. The van der Waals surface area contributed by atoms with Crippen LogP contribution in [-0.2, 0) is 9.59 Å². The van der Waals surface area contributed by atoms with E-state index in [9.17, 15) is 39.5 Å². The molecule has 17 heteroatoms. The monoisotopic (exact) mass is 585 g/mol. The number of halogens is 9. The molecular formula is C22H28F9N3O5. The van der Waals surface area contributed by atoms with Gasteiger partial charge in [-0.05, 0) is 49.9 Å². The number of hydrogen-bond donors (Lipinski definition) is 4. The molecule has 1 heterocycles. The van der Waals surface area contributed by atoms with Crippen LogP contribution in [0, 0.1) is 0 Å². The van der Waals surface area contributed by atoms with Crippen molar-refractivity contribution < 1.29 is 64.1 Å². The lowest BCUT2D eigenvalue weighted by Crippen LogP contribution is -2.55. The third-order valence-electron chi connectivity index (χ3n) is 5.61. The summed E-state index contributed by atoms with van der Waals surface area (Å²) in [5.41, 5.74) is 7.15. The van der Waals surface area contributed by atoms with Crippen molar-refractivity contribution in [3.05, 3.63) is 24.3 Å². The number of piperidine rings is 1. The zero-order chi connectivity index (χ0) is 30.0. The maximum atomic E-state index is 12.3. The summed E-state index contributed by atoms with van der Waals surface area (Å²) in [6.45, 7) is 1.76. The molecule has 0 unspecified atom stereocenters. The molecule has 8 nitrogen and oxygen atoms in total. The van der Waals surface area contributed by atoms with Crippen molar-refractivity contribution in [2.24, 2.45) is 5.73 Å². The van der Waals surface area contributed by atoms with Crippen molar-refractivity contribution in [2.75, 3.05) is 18.0 Å². The van der Waals surface area contributed by atoms with Gasteiger partial charge in [0.15, 0.2) is 0 Å². The molecule has 224 valence electrons. The Morgan fingerprint density at radius 1 is 0.846 bits per heavy atom. The van der Waals surface area contributed by atoms with Gasteiger partial charge < -0.3 is 30.9 Å². The molecule has 2 fully saturated rings. The Bertz CT molecular complexity index is 884. The fraction of sp³-hybridized carbons (Fsp3) is 0.636. The number of nitrogens with zero attached hydrogens (tertiary/aromatic N) is 1. The number of carboxylic acids is 2. The van der Waals surface area contributed by atoms with Crippen LogP contribution >= 0.6 is 0 Å². The molecular weight excluding hydrogens is 557 g/mol. The lowest BCUT2D eigenvalue weighted by Gasteiger charge is -2.39. The van der Waals surface area contributed by atoms with Crippen molar-refractivity contribution in [1.82, 2.24) is 5.32 Å². The van der Waals surface area contributed by atoms with Crippen molar-refractivity contribution in [3.8, 4) is 5.75 Å². The Kier molecular flexibility index (Phi) is 12.6. The molecule has 1 aromatic rings. The van der Waals surface area contributed by atoms with Crippen molar-refractivity contribution >= 4 is 17.6 Å². The highest BCUT2D eigenvalue weighted by molar-refractivity contribution is 5.73. The summed E-state index contributed by atoms with van der Waals surface area (Å²) >= 11 is 0.